The van der Waals surface area contributed by atoms with Crippen LogP contribution in [-0.2, 0) is 16.0 Å². The normalized spacial score (nSPS) is 26.4. The molecule has 0 saturated carbocycles. The Kier molecular flexibility index (Phi) is 4.58. The summed E-state index contributed by atoms with van der Waals surface area (Å²) in [4.78, 5) is 40.7. The minimum Gasteiger partial charge on any atom is -0.399 e. The van der Waals surface area contributed by atoms with E-state index in [0.717, 1.165) is 35.3 Å². The third-order valence-electron chi connectivity index (χ3n) is 7.08. The van der Waals surface area contributed by atoms with Gasteiger partial charge in [-0.1, -0.05) is 30.3 Å². The zero-order valence-corrected chi connectivity index (χ0v) is 18.5. The van der Waals surface area contributed by atoms with Crippen LogP contribution in [0.1, 0.15) is 30.0 Å². The topological polar surface area (TPSA) is 103 Å². The van der Waals surface area contributed by atoms with Crippen molar-refractivity contribution in [2.24, 2.45) is 15.9 Å². The van der Waals surface area contributed by atoms with E-state index in [0.29, 0.717) is 36.7 Å². The van der Waals surface area contributed by atoms with Crippen LogP contribution >= 0.6 is 0 Å². The van der Waals surface area contributed by atoms with E-state index in [4.69, 9.17) is 15.7 Å². The lowest BCUT2D eigenvalue weighted by Gasteiger charge is -2.40. The van der Waals surface area contributed by atoms with Crippen LogP contribution < -0.4 is 16.0 Å². The van der Waals surface area contributed by atoms with Gasteiger partial charge in [0, 0.05) is 29.9 Å². The summed E-state index contributed by atoms with van der Waals surface area (Å²) in [5.74, 6) is 0.0623. The van der Waals surface area contributed by atoms with Gasteiger partial charge in [0.25, 0.3) is 5.91 Å². The summed E-state index contributed by atoms with van der Waals surface area (Å²) in [5.41, 5.74) is 11.2. The fraction of sp³-hybridized carbons (Fsp3) is 0.360. The first-order valence-electron chi connectivity index (χ1n) is 11.5. The Hall–Kier alpha value is -3.52. The maximum absolute atomic E-state index is 13.9. The van der Waals surface area contributed by atoms with Gasteiger partial charge in [0.1, 0.15) is 5.84 Å². The van der Waals surface area contributed by atoms with Gasteiger partial charge in [0.05, 0.1) is 23.4 Å². The van der Waals surface area contributed by atoms with E-state index in [1.165, 1.54) is 4.90 Å². The number of nitrogens with two attached hydrogens (primary N) is 1. The summed E-state index contributed by atoms with van der Waals surface area (Å²) < 4.78 is 0. The van der Waals surface area contributed by atoms with Gasteiger partial charge in [-0.05, 0) is 44.0 Å². The summed E-state index contributed by atoms with van der Waals surface area (Å²) in [6.07, 6.45) is 0.440. The van der Waals surface area contributed by atoms with Crippen molar-refractivity contribution in [1.29, 1.82) is 0 Å². The SMILES string of the molecule is CC1=NC2CNCCC2C(=O)N1[C@@H]1N=C(c2ccccc2)c2cc(N)cc3c2N(CC3)C1=O. The molecule has 3 atom stereocenters. The molecule has 4 heterocycles. The number of aliphatic imine (C=N–C) groups is 2. The fourth-order valence-corrected chi connectivity index (χ4v) is 5.56. The van der Waals surface area contributed by atoms with E-state index in [1.54, 1.807) is 11.8 Å². The first kappa shape index (κ1) is 20.1. The van der Waals surface area contributed by atoms with Crippen molar-refractivity contribution in [3.63, 3.8) is 0 Å². The zero-order valence-electron chi connectivity index (χ0n) is 18.5. The summed E-state index contributed by atoms with van der Waals surface area (Å²) in [6, 6.07) is 13.5. The number of anilines is 2. The first-order valence-corrected chi connectivity index (χ1v) is 11.5. The smallest absolute Gasteiger partial charge is 0.272 e. The molecule has 8 nitrogen and oxygen atoms in total. The van der Waals surface area contributed by atoms with Gasteiger partial charge >= 0.3 is 0 Å². The molecule has 168 valence electrons. The van der Waals surface area contributed by atoms with E-state index in [2.05, 4.69) is 5.32 Å². The fourth-order valence-electron chi connectivity index (χ4n) is 5.56. The minimum absolute atomic E-state index is 0.0617. The molecule has 2 aromatic carbocycles. The third kappa shape index (κ3) is 3.08. The van der Waals surface area contributed by atoms with Crippen LogP contribution in [0.2, 0.25) is 0 Å². The number of hydrogen-bond acceptors (Lipinski definition) is 6. The van der Waals surface area contributed by atoms with Crippen molar-refractivity contribution in [2.45, 2.75) is 32.0 Å². The molecular formula is C25H26N6O2. The molecule has 0 radical (unpaired) electrons. The predicted octanol–water partition coefficient (Wildman–Crippen LogP) is 1.57. The highest BCUT2D eigenvalue weighted by atomic mass is 16.2. The molecule has 2 unspecified atom stereocenters. The van der Waals surface area contributed by atoms with Crippen LogP contribution in [-0.4, -0.2) is 60.1 Å². The van der Waals surface area contributed by atoms with Gasteiger partial charge in [-0.15, -0.1) is 0 Å². The second-order valence-electron chi connectivity index (χ2n) is 9.08. The average molecular weight is 443 g/mol. The first-order chi connectivity index (χ1) is 16.0. The van der Waals surface area contributed by atoms with Crippen LogP contribution in [0.25, 0.3) is 0 Å². The van der Waals surface area contributed by atoms with Crippen LogP contribution in [0.3, 0.4) is 0 Å². The summed E-state index contributed by atoms with van der Waals surface area (Å²) >= 11 is 0. The lowest BCUT2D eigenvalue weighted by molar-refractivity contribution is -0.139. The number of nitrogen functional groups attached to an aromatic ring is 1. The molecular weight excluding hydrogens is 416 g/mol. The largest absolute Gasteiger partial charge is 0.399 e. The van der Waals surface area contributed by atoms with E-state index in [-0.39, 0.29) is 23.8 Å². The number of nitrogens with one attached hydrogen (secondary N) is 1. The Bertz CT molecular complexity index is 1220. The molecule has 4 aliphatic rings. The monoisotopic (exact) mass is 442 g/mol. The Balaban J connectivity index is 1.54. The Labute approximate surface area is 192 Å². The van der Waals surface area contributed by atoms with Crippen molar-refractivity contribution < 1.29 is 9.59 Å². The second kappa shape index (κ2) is 7.52. The number of carbonyl (C=O) groups excluding carboxylic acids is 2. The number of fused-ring (bicyclic) bond motifs is 1. The van der Waals surface area contributed by atoms with Crippen molar-refractivity contribution in [2.75, 3.05) is 30.3 Å². The number of carbonyl (C=O) groups is 2. The molecule has 1 saturated heterocycles. The number of nitrogens with zero attached hydrogens (tertiary/aromatic N) is 4. The van der Waals surface area contributed by atoms with Crippen LogP contribution in [0, 0.1) is 5.92 Å². The molecule has 8 heteroatoms. The molecule has 6 rings (SSSR count). The van der Waals surface area contributed by atoms with Crippen LogP contribution in [0.15, 0.2) is 52.4 Å². The van der Waals surface area contributed by atoms with Crippen molar-refractivity contribution in [1.82, 2.24) is 10.2 Å². The predicted molar refractivity (Wildman–Crippen MR) is 128 cm³/mol. The van der Waals surface area contributed by atoms with E-state index < -0.39 is 6.17 Å². The standard InChI is InChI=1S/C25H26N6O2/c1-14-28-20-13-27-9-7-18(20)24(32)31(14)23-25(33)30-10-8-16-11-17(26)12-19(22(16)30)21(29-23)15-5-3-2-4-6-15/h2-6,11-12,18,20,23,27H,7-10,13,26H2,1H3/t18?,20?,23-/m0/s1. The number of hydrogen-bond donors (Lipinski definition) is 2. The molecule has 0 aromatic heterocycles. The lowest BCUT2D eigenvalue weighted by atomic mass is 9.90. The van der Waals surface area contributed by atoms with Gasteiger partial charge in [0.15, 0.2) is 0 Å². The van der Waals surface area contributed by atoms with E-state index in [1.807, 2.05) is 42.5 Å². The van der Waals surface area contributed by atoms with Crippen LogP contribution in [0.4, 0.5) is 11.4 Å². The molecule has 2 aromatic rings. The van der Waals surface area contributed by atoms with Crippen molar-refractivity contribution >= 4 is 34.7 Å². The van der Waals surface area contributed by atoms with Gasteiger partial charge in [-0.25, -0.2) is 4.99 Å². The maximum Gasteiger partial charge on any atom is 0.272 e. The molecule has 33 heavy (non-hydrogen) atoms. The number of amidine groups is 1. The van der Waals surface area contributed by atoms with Crippen LogP contribution in [0.5, 0.6) is 0 Å². The highest BCUT2D eigenvalue weighted by Crippen LogP contribution is 2.39. The van der Waals surface area contributed by atoms with Gasteiger partial charge in [0.2, 0.25) is 12.1 Å². The highest BCUT2D eigenvalue weighted by Gasteiger charge is 2.46. The van der Waals surface area contributed by atoms with E-state index >= 15 is 0 Å². The third-order valence-corrected chi connectivity index (χ3v) is 7.08. The lowest BCUT2D eigenvalue weighted by Crippen LogP contribution is -2.59. The number of benzene rings is 2. The van der Waals surface area contributed by atoms with E-state index in [9.17, 15) is 9.59 Å². The maximum atomic E-state index is 13.9. The highest BCUT2D eigenvalue weighted by molar-refractivity contribution is 6.22. The molecule has 0 aliphatic carbocycles. The number of amides is 2. The average Bonchev–Trinajstić information content (AvgIpc) is 3.20. The van der Waals surface area contributed by atoms with Gasteiger partial charge < -0.3 is 16.0 Å². The van der Waals surface area contributed by atoms with Gasteiger partial charge in [-0.2, -0.15) is 0 Å². The molecule has 1 fully saturated rings. The molecule has 2 amide bonds. The molecule has 0 spiro atoms. The van der Waals surface area contributed by atoms with Gasteiger partial charge in [-0.3, -0.25) is 19.5 Å². The summed E-state index contributed by atoms with van der Waals surface area (Å²) in [7, 11) is 0. The quantitative estimate of drug-likeness (QED) is 0.689. The summed E-state index contributed by atoms with van der Waals surface area (Å²) in [5, 5.41) is 3.31. The van der Waals surface area contributed by atoms with Crippen molar-refractivity contribution in [3.05, 3.63) is 59.2 Å². The molecule has 0 bridgehead atoms. The van der Waals surface area contributed by atoms with Crippen molar-refractivity contribution in [3.8, 4) is 0 Å². The summed E-state index contributed by atoms with van der Waals surface area (Å²) in [6.45, 7) is 3.80. The zero-order chi connectivity index (χ0) is 22.7. The minimum atomic E-state index is -0.994. The second-order valence-corrected chi connectivity index (χ2v) is 9.08. The molecule has 3 N–H and O–H groups in total. The molecule has 4 aliphatic heterocycles. The Morgan fingerprint density at radius 2 is 1.91 bits per heavy atom. The number of rotatable bonds is 2. The Morgan fingerprint density at radius 3 is 2.73 bits per heavy atom. The number of piperidine rings is 1. The Morgan fingerprint density at radius 1 is 1.09 bits per heavy atom.